The van der Waals surface area contributed by atoms with Crippen LogP contribution in [0.15, 0.2) is 89.1 Å². The minimum atomic E-state index is -0.868. The summed E-state index contributed by atoms with van der Waals surface area (Å²) >= 11 is 0. The van der Waals surface area contributed by atoms with E-state index in [9.17, 15) is 14.7 Å². The number of methoxy groups -OCH3 is 1. The largest absolute Gasteiger partial charge is 0.868 e. The summed E-state index contributed by atoms with van der Waals surface area (Å²) in [6.07, 6.45) is 6.11. The van der Waals surface area contributed by atoms with Gasteiger partial charge in [0.1, 0.15) is 23.7 Å². The maximum atomic E-state index is 13.6. The number of para-hydroxylation sites is 2. The number of aromatic amines is 1. The molecule has 34 heavy (non-hydrogen) atoms. The highest BCUT2D eigenvalue weighted by Crippen LogP contribution is 2.42. The first kappa shape index (κ1) is 21.5. The molecule has 1 unspecified atom stereocenters. The summed E-state index contributed by atoms with van der Waals surface area (Å²) in [5.74, 6) is -1.57. The van der Waals surface area contributed by atoms with Crippen LogP contribution in [0.3, 0.4) is 0 Å². The summed E-state index contributed by atoms with van der Waals surface area (Å²) in [6, 6.07) is 15.1. The minimum absolute atomic E-state index is 0.0296. The number of amides is 1. The van der Waals surface area contributed by atoms with E-state index in [1.807, 2.05) is 29.2 Å². The Hall–Kier alpha value is -4.33. The Bertz CT molecular complexity index is 1350. The second kappa shape index (κ2) is 8.90. The van der Waals surface area contributed by atoms with Crippen LogP contribution in [-0.2, 0) is 11.3 Å². The van der Waals surface area contributed by atoms with Crippen LogP contribution in [-0.4, -0.2) is 35.2 Å². The van der Waals surface area contributed by atoms with Crippen molar-refractivity contribution < 1.29 is 28.4 Å². The quantitative estimate of drug-likeness (QED) is 0.324. The highest BCUT2D eigenvalue weighted by molar-refractivity contribution is 6.15. The third-order valence-electron chi connectivity index (χ3n) is 6.03. The fourth-order valence-corrected chi connectivity index (χ4v) is 4.43. The maximum Gasteiger partial charge on any atom is 0.241 e. The van der Waals surface area contributed by atoms with Gasteiger partial charge in [-0.3, -0.25) is 14.6 Å². The lowest BCUT2D eigenvalue weighted by atomic mass is 9.94. The van der Waals surface area contributed by atoms with Crippen molar-refractivity contribution in [2.45, 2.75) is 19.0 Å². The molecule has 0 aliphatic carbocycles. The highest BCUT2D eigenvalue weighted by Gasteiger charge is 2.41. The first-order valence-corrected chi connectivity index (χ1v) is 11.0. The third kappa shape index (κ3) is 3.73. The van der Waals surface area contributed by atoms with E-state index in [1.165, 1.54) is 12.0 Å². The lowest BCUT2D eigenvalue weighted by Gasteiger charge is -2.28. The molecule has 1 amide bonds. The Morgan fingerprint density at radius 1 is 1.21 bits per heavy atom. The van der Waals surface area contributed by atoms with Gasteiger partial charge in [0.05, 0.1) is 19.7 Å². The van der Waals surface area contributed by atoms with Crippen molar-refractivity contribution in [1.82, 2.24) is 9.88 Å². The van der Waals surface area contributed by atoms with Crippen LogP contribution in [0.4, 0.5) is 0 Å². The summed E-state index contributed by atoms with van der Waals surface area (Å²) in [6.45, 7) is 0.940. The maximum absolute atomic E-state index is 13.6. The van der Waals surface area contributed by atoms with Crippen molar-refractivity contribution in [3.63, 3.8) is 0 Å². The molecule has 0 saturated heterocycles. The number of furan rings is 1. The predicted molar refractivity (Wildman–Crippen MR) is 121 cm³/mol. The smallest absolute Gasteiger partial charge is 0.241 e. The monoisotopic (exact) mass is 457 g/mol. The van der Waals surface area contributed by atoms with Crippen molar-refractivity contribution in [3.8, 4) is 5.75 Å². The van der Waals surface area contributed by atoms with Gasteiger partial charge in [-0.1, -0.05) is 36.4 Å². The van der Waals surface area contributed by atoms with Gasteiger partial charge >= 0.3 is 0 Å². The fourth-order valence-electron chi connectivity index (χ4n) is 4.43. The summed E-state index contributed by atoms with van der Waals surface area (Å²) in [4.78, 5) is 31.1. The Balaban J connectivity index is 1.53. The van der Waals surface area contributed by atoms with E-state index in [-0.39, 0.29) is 11.3 Å². The lowest BCUT2D eigenvalue weighted by molar-refractivity contribution is -0.695. The number of fused-ring (bicyclic) bond motifs is 1. The molecule has 2 aromatic carbocycles. The molecule has 3 heterocycles. The standard InChI is InChI=1S/C26H23N3O5/c1-33-20-10-5-3-8-18(20)23-22(24(30)21-15-17-7-2-4-9-19(17)34-21)25(31)26(32)29(23)13-6-12-28-14-11-27-16-28/h2-5,7-11,14-16,23H,6,12-13H2,1H3,(H,30,31). The second-order valence-corrected chi connectivity index (χ2v) is 8.07. The number of carbonyl (C=O) groups excluding carboxylic acids is 2. The summed E-state index contributed by atoms with van der Waals surface area (Å²) in [5, 5.41) is 13.9. The number of H-pyrrole nitrogens is 1. The molecule has 172 valence electrons. The van der Waals surface area contributed by atoms with E-state index < -0.39 is 23.5 Å². The fraction of sp³-hybridized carbons (Fsp3) is 0.192. The van der Waals surface area contributed by atoms with Gasteiger partial charge in [0, 0.05) is 29.5 Å². The van der Waals surface area contributed by atoms with Crippen LogP contribution >= 0.6 is 0 Å². The number of aromatic nitrogens is 2. The summed E-state index contributed by atoms with van der Waals surface area (Å²) < 4.78 is 13.2. The number of nitrogens with one attached hydrogen (secondary N) is 1. The van der Waals surface area contributed by atoms with Gasteiger partial charge in [0.15, 0.2) is 5.76 Å². The van der Waals surface area contributed by atoms with E-state index in [1.54, 1.807) is 48.7 Å². The molecule has 0 saturated carbocycles. The van der Waals surface area contributed by atoms with Crippen LogP contribution in [0.5, 0.6) is 5.75 Å². The van der Waals surface area contributed by atoms with Crippen molar-refractivity contribution in [1.29, 1.82) is 0 Å². The molecule has 8 nitrogen and oxygen atoms in total. The highest BCUT2D eigenvalue weighted by atomic mass is 16.5. The Labute approximate surface area is 195 Å². The van der Waals surface area contributed by atoms with Crippen LogP contribution in [0.2, 0.25) is 0 Å². The van der Waals surface area contributed by atoms with E-state index in [2.05, 4.69) is 4.98 Å². The topological polar surface area (TPSA) is 102 Å². The summed E-state index contributed by atoms with van der Waals surface area (Å²) in [7, 11) is 1.52. The van der Waals surface area contributed by atoms with Crippen molar-refractivity contribution in [3.05, 3.63) is 96.0 Å². The van der Waals surface area contributed by atoms with E-state index in [0.29, 0.717) is 36.4 Å². The second-order valence-electron chi connectivity index (χ2n) is 8.07. The molecular formula is C26H23N3O5. The molecule has 1 aliphatic heterocycles. The number of rotatable bonds is 8. The van der Waals surface area contributed by atoms with Gasteiger partial charge in [-0.05, 0) is 24.0 Å². The molecule has 1 atom stereocenters. The lowest BCUT2D eigenvalue weighted by Crippen LogP contribution is -2.37. The van der Waals surface area contributed by atoms with E-state index in [0.717, 1.165) is 5.39 Å². The summed E-state index contributed by atoms with van der Waals surface area (Å²) in [5.41, 5.74) is 0.998. The molecule has 0 bridgehead atoms. The third-order valence-corrected chi connectivity index (χ3v) is 6.03. The molecule has 0 spiro atoms. The van der Waals surface area contributed by atoms with Gasteiger partial charge in [0.2, 0.25) is 18.0 Å². The normalized spacial score (nSPS) is 16.0. The molecule has 1 N–H and O–H groups in total. The zero-order chi connectivity index (χ0) is 23.7. The van der Waals surface area contributed by atoms with Gasteiger partial charge in [-0.15, -0.1) is 0 Å². The molecule has 2 aromatic heterocycles. The number of nitrogens with zero attached hydrogens (tertiary/aromatic N) is 2. The predicted octanol–water partition coefficient (Wildman–Crippen LogP) is 2.53. The SMILES string of the molecule is COc1ccccc1C1C(C(=O)c2cc3ccccc3o2)=C([O-])C(=O)N1CCC[n+]1cc[nH]c1. The zero-order valence-electron chi connectivity index (χ0n) is 18.6. The van der Waals surface area contributed by atoms with Crippen molar-refractivity contribution >= 4 is 22.7 Å². The molecule has 0 fully saturated rings. The number of aryl methyl sites for hydroxylation is 1. The molecule has 5 rings (SSSR count). The number of benzene rings is 2. The first-order valence-electron chi connectivity index (χ1n) is 11.0. The number of ketones is 1. The number of Topliss-reactive ketones (excluding diaryl/α,β-unsaturated/α-hetero) is 1. The minimum Gasteiger partial charge on any atom is -0.868 e. The van der Waals surface area contributed by atoms with Gasteiger partial charge in [-0.25, -0.2) is 4.57 Å². The molecule has 4 aromatic rings. The number of hydrogen-bond donors (Lipinski definition) is 1. The Morgan fingerprint density at radius 3 is 2.76 bits per heavy atom. The van der Waals surface area contributed by atoms with E-state index in [4.69, 9.17) is 9.15 Å². The average molecular weight is 457 g/mol. The zero-order valence-corrected chi connectivity index (χ0v) is 18.6. The van der Waals surface area contributed by atoms with Gasteiger partial charge in [0.25, 0.3) is 0 Å². The average Bonchev–Trinajstić information content (AvgIpc) is 3.59. The van der Waals surface area contributed by atoms with Crippen LogP contribution < -0.4 is 14.4 Å². The van der Waals surface area contributed by atoms with Crippen molar-refractivity contribution in [2.75, 3.05) is 13.7 Å². The van der Waals surface area contributed by atoms with Gasteiger partial charge < -0.3 is 19.2 Å². The molecule has 0 radical (unpaired) electrons. The number of imidazole rings is 1. The first-order chi connectivity index (χ1) is 16.6. The molecule has 8 heteroatoms. The Morgan fingerprint density at radius 2 is 2.00 bits per heavy atom. The number of carbonyl (C=O) groups is 2. The van der Waals surface area contributed by atoms with Gasteiger partial charge in [-0.2, -0.15) is 0 Å². The number of ether oxygens (including phenoxy) is 1. The molecule has 1 aliphatic rings. The van der Waals surface area contributed by atoms with Crippen LogP contribution in [0, 0.1) is 0 Å². The Kier molecular flexibility index (Phi) is 5.63. The van der Waals surface area contributed by atoms with Crippen LogP contribution in [0.25, 0.3) is 11.0 Å². The number of hydrogen-bond acceptors (Lipinski definition) is 5. The van der Waals surface area contributed by atoms with Crippen molar-refractivity contribution in [2.24, 2.45) is 0 Å². The van der Waals surface area contributed by atoms with Crippen LogP contribution in [0.1, 0.15) is 28.6 Å². The molecular weight excluding hydrogens is 434 g/mol. The van der Waals surface area contributed by atoms with E-state index >= 15 is 0 Å².